The molecule has 3 aromatic carbocycles. The molecule has 6 nitrogen and oxygen atoms in total. The number of carbonyl (C=O) groups excluding carboxylic acids is 1. The standard InChI is InChI=1S/C28H27N3O3S2/c1-35-25-13-11-24(12-14-25)30-16-18-31(19-17-30)28(32)23-9-7-21(8-10-23)20-36(33,34)26-6-2-4-22-5-3-15-29-27(22)26/h2-15H,16-20H2,1H3. The smallest absolute Gasteiger partial charge is 0.253 e. The Kier molecular flexibility index (Phi) is 6.98. The SMILES string of the molecule is CSc1ccc(N2CCN(C(=O)c3ccc(CS(=O)(=O)c4cccc5cccnc45)cc3)CC2)cc1. The zero-order valence-corrected chi connectivity index (χ0v) is 21.6. The predicted octanol–water partition coefficient (Wildman–Crippen LogP) is 4.89. The van der Waals surface area contributed by atoms with Crippen LogP contribution in [0, 0.1) is 0 Å². The van der Waals surface area contributed by atoms with Crippen molar-refractivity contribution in [2.45, 2.75) is 15.5 Å². The number of fused-ring (bicyclic) bond motifs is 1. The number of para-hydroxylation sites is 1. The van der Waals surface area contributed by atoms with Crippen LogP contribution in [0.5, 0.6) is 0 Å². The number of hydrogen-bond acceptors (Lipinski definition) is 6. The highest BCUT2D eigenvalue weighted by Gasteiger charge is 2.23. The molecular weight excluding hydrogens is 490 g/mol. The fourth-order valence-electron chi connectivity index (χ4n) is 4.51. The van der Waals surface area contributed by atoms with Gasteiger partial charge in [0.25, 0.3) is 5.91 Å². The van der Waals surface area contributed by atoms with Gasteiger partial charge >= 0.3 is 0 Å². The van der Waals surface area contributed by atoms with Gasteiger partial charge in [-0.2, -0.15) is 0 Å². The largest absolute Gasteiger partial charge is 0.368 e. The first-order valence-electron chi connectivity index (χ1n) is 11.8. The first-order valence-corrected chi connectivity index (χ1v) is 14.7. The van der Waals surface area contributed by atoms with Crippen LogP contribution in [-0.2, 0) is 15.6 Å². The Hall–Kier alpha value is -3.36. The average Bonchev–Trinajstić information content (AvgIpc) is 2.93. The third kappa shape index (κ3) is 5.10. The lowest BCUT2D eigenvalue weighted by Crippen LogP contribution is -2.48. The number of rotatable bonds is 6. The van der Waals surface area contributed by atoms with Gasteiger partial charge in [-0.05, 0) is 60.4 Å². The minimum Gasteiger partial charge on any atom is -0.368 e. The van der Waals surface area contributed by atoms with E-state index in [0.717, 1.165) is 18.5 Å². The van der Waals surface area contributed by atoms with E-state index in [1.807, 2.05) is 17.0 Å². The number of carbonyl (C=O) groups is 1. The van der Waals surface area contributed by atoms with Crippen LogP contribution in [0.2, 0.25) is 0 Å². The Bertz CT molecular complexity index is 1470. The van der Waals surface area contributed by atoms with Crippen molar-refractivity contribution in [2.24, 2.45) is 0 Å². The summed E-state index contributed by atoms with van der Waals surface area (Å²) in [7, 11) is -3.60. The number of thioether (sulfide) groups is 1. The molecule has 1 saturated heterocycles. The third-order valence-electron chi connectivity index (χ3n) is 6.49. The molecule has 0 unspecified atom stereocenters. The Morgan fingerprint density at radius 3 is 2.28 bits per heavy atom. The topological polar surface area (TPSA) is 70.6 Å². The fraction of sp³-hybridized carbons (Fsp3) is 0.214. The summed E-state index contributed by atoms with van der Waals surface area (Å²) in [6.45, 7) is 2.85. The molecule has 0 spiro atoms. The monoisotopic (exact) mass is 517 g/mol. The van der Waals surface area contributed by atoms with Crippen molar-refractivity contribution in [1.82, 2.24) is 9.88 Å². The van der Waals surface area contributed by atoms with Crippen molar-refractivity contribution < 1.29 is 13.2 Å². The molecular formula is C28H27N3O3S2. The number of anilines is 1. The molecule has 0 N–H and O–H groups in total. The van der Waals surface area contributed by atoms with Crippen molar-refractivity contribution in [1.29, 1.82) is 0 Å². The average molecular weight is 518 g/mol. The molecule has 1 aliphatic rings. The highest BCUT2D eigenvalue weighted by atomic mass is 32.2. The second-order valence-electron chi connectivity index (χ2n) is 8.76. The first kappa shape index (κ1) is 24.3. The maximum atomic E-state index is 13.1. The Morgan fingerprint density at radius 1 is 0.889 bits per heavy atom. The zero-order valence-electron chi connectivity index (χ0n) is 20.0. The lowest BCUT2D eigenvalue weighted by molar-refractivity contribution is 0.0747. The van der Waals surface area contributed by atoms with Crippen LogP contribution < -0.4 is 4.90 Å². The molecule has 1 amide bonds. The predicted molar refractivity (Wildman–Crippen MR) is 145 cm³/mol. The number of sulfone groups is 1. The molecule has 1 aromatic heterocycles. The molecule has 0 saturated carbocycles. The summed E-state index contributed by atoms with van der Waals surface area (Å²) in [5.74, 6) is -0.175. The molecule has 1 aliphatic heterocycles. The normalized spacial score (nSPS) is 14.2. The Morgan fingerprint density at radius 2 is 1.58 bits per heavy atom. The summed E-state index contributed by atoms with van der Waals surface area (Å²) >= 11 is 1.72. The summed E-state index contributed by atoms with van der Waals surface area (Å²) in [6.07, 6.45) is 3.66. The lowest BCUT2D eigenvalue weighted by Gasteiger charge is -2.36. The molecule has 0 bridgehead atoms. The van der Waals surface area contributed by atoms with Crippen molar-refractivity contribution in [3.63, 3.8) is 0 Å². The molecule has 1 fully saturated rings. The van der Waals surface area contributed by atoms with Gasteiger partial charge in [-0.25, -0.2) is 8.42 Å². The summed E-state index contributed by atoms with van der Waals surface area (Å²) in [5, 5.41) is 0.789. The summed E-state index contributed by atoms with van der Waals surface area (Å²) in [6, 6.07) is 24.2. The summed E-state index contributed by atoms with van der Waals surface area (Å²) in [5.41, 5.74) is 2.86. The van der Waals surface area contributed by atoms with E-state index in [0.29, 0.717) is 29.7 Å². The van der Waals surface area contributed by atoms with Crippen LogP contribution in [0.4, 0.5) is 5.69 Å². The second kappa shape index (κ2) is 10.3. The second-order valence-corrected chi connectivity index (χ2v) is 11.6. The van der Waals surface area contributed by atoms with Crippen molar-refractivity contribution >= 4 is 44.1 Å². The van der Waals surface area contributed by atoms with Gasteiger partial charge in [-0.3, -0.25) is 9.78 Å². The third-order valence-corrected chi connectivity index (χ3v) is 8.95. The van der Waals surface area contributed by atoms with E-state index >= 15 is 0 Å². The van der Waals surface area contributed by atoms with E-state index in [2.05, 4.69) is 40.4 Å². The zero-order chi connectivity index (χ0) is 25.1. The quantitative estimate of drug-likeness (QED) is 0.339. The number of nitrogens with zero attached hydrogens (tertiary/aromatic N) is 3. The molecule has 4 aromatic rings. The first-order chi connectivity index (χ1) is 17.4. The minimum absolute atomic E-state index is 0.0277. The Labute approximate surface area is 215 Å². The number of hydrogen-bond donors (Lipinski definition) is 0. The van der Waals surface area contributed by atoms with E-state index in [1.165, 1.54) is 10.6 Å². The van der Waals surface area contributed by atoms with E-state index < -0.39 is 9.84 Å². The molecule has 36 heavy (non-hydrogen) atoms. The van der Waals surface area contributed by atoms with E-state index in [4.69, 9.17) is 0 Å². The van der Waals surface area contributed by atoms with Gasteiger partial charge in [-0.15, -0.1) is 11.8 Å². The van der Waals surface area contributed by atoms with Gasteiger partial charge in [0.1, 0.15) is 0 Å². The van der Waals surface area contributed by atoms with E-state index in [9.17, 15) is 13.2 Å². The molecule has 0 radical (unpaired) electrons. The maximum Gasteiger partial charge on any atom is 0.253 e. The van der Waals surface area contributed by atoms with E-state index in [-0.39, 0.29) is 16.6 Å². The highest BCUT2D eigenvalue weighted by Crippen LogP contribution is 2.25. The number of benzene rings is 3. The fourth-order valence-corrected chi connectivity index (χ4v) is 6.46. The number of pyridine rings is 1. The van der Waals surface area contributed by atoms with Gasteiger partial charge in [0.2, 0.25) is 0 Å². The van der Waals surface area contributed by atoms with Crippen LogP contribution in [0.15, 0.2) is 94.9 Å². The van der Waals surface area contributed by atoms with Crippen molar-refractivity contribution in [2.75, 3.05) is 37.3 Å². The molecule has 8 heteroatoms. The van der Waals surface area contributed by atoms with Gasteiger partial charge in [0.05, 0.1) is 16.2 Å². The van der Waals surface area contributed by atoms with Crippen LogP contribution in [0.1, 0.15) is 15.9 Å². The molecule has 2 heterocycles. The molecule has 0 aliphatic carbocycles. The lowest BCUT2D eigenvalue weighted by atomic mass is 10.1. The van der Waals surface area contributed by atoms with Gasteiger partial charge in [0, 0.05) is 53.9 Å². The molecule has 0 atom stereocenters. The van der Waals surface area contributed by atoms with Crippen LogP contribution in [0.25, 0.3) is 10.9 Å². The number of aromatic nitrogens is 1. The molecule has 5 rings (SSSR count). The summed E-state index contributed by atoms with van der Waals surface area (Å²) < 4.78 is 26.3. The summed E-state index contributed by atoms with van der Waals surface area (Å²) in [4.78, 5) is 23.0. The molecule has 184 valence electrons. The highest BCUT2D eigenvalue weighted by molar-refractivity contribution is 7.98. The number of piperazine rings is 1. The van der Waals surface area contributed by atoms with Crippen molar-refractivity contribution in [3.05, 3.63) is 96.2 Å². The number of amides is 1. The maximum absolute atomic E-state index is 13.1. The van der Waals surface area contributed by atoms with Gasteiger partial charge in [0.15, 0.2) is 9.84 Å². The van der Waals surface area contributed by atoms with Gasteiger partial charge in [-0.1, -0.05) is 30.3 Å². The van der Waals surface area contributed by atoms with E-state index in [1.54, 1.807) is 60.4 Å². The van der Waals surface area contributed by atoms with Gasteiger partial charge < -0.3 is 9.80 Å². The minimum atomic E-state index is -3.60. The van der Waals surface area contributed by atoms with Crippen LogP contribution in [-0.4, -0.2) is 56.6 Å². The van der Waals surface area contributed by atoms with Crippen LogP contribution >= 0.6 is 11.8 Å². The van der Waals surface area contributed by atoms with Crippen molar-refractivity contribution in [3.8, 4) is 0 Å². The van der Waals surface area contributed by atoms with Crippen LogP contribution in [0.3, 0.4) is 0 Å². The Balaban J connectivity index is 1.23.